The monoisotopic (exact) mass is 742 g/mol. The largest absolute Gasteiger partial charge is 0.265 e. The van der Waals surface area contributed by atoms with Gasteiger partial charge in [-0.15, -0.1) is 0 Å². The molecule has 0 bridgehead atoms. The first-order valence-electron chi connectivity index (χ1n) is 21.2. The van der Waals surface area contributed by atoms with Crippen LogP contribution in [0.1, 0.15) is 86.0 Å². The van der Waals surface area contributed by atoms with E-state index in [1.54, 1.807) is 0 Å². The van der Waals surface area contributed by atoms with Crippen LogP contribution in [0.5, 0.6) is 0 Å². The Morgan fingerprint density at radius 1 is 0.684 bits per heavy atom. The number of rotatable bonds is 7. The van der Waals surface area contributed by atoms with Crippen LogP contribution in [0.3, 0.4) is 0 Å². The molecule has 0 saturated heterocycles. The van der Waals surface area contributed by atoms with Crippen LogP contribution in [0.2, 0.25) is 0 Å². The molecule has 1 aromatic carbocycles. The minimum atomic E-state index is 0.131. The van der Waals surface area contributed by atoms with Crippen molar-refractivity contribution in [2.24, 2.45) is 40.5 Å². The lowest BCUT2D eigenvalue weighted by Crippen LogP contribution is -2.27. The Hall–Kier alpha value is -5.74. The summed E-state index contributed by atoms with van der Waals surface area (Å²) in [5.41, 5.74) is 13.1. The van der Waals surface area contributed by atoms with Gasteiger partial charge in [0.15, 0.2) is 5.82 Å². The second kappa shape index (κ2) is 15.7. The summed E-state index contributed by atoms with van der Waals surface area (Å²) in [5.74, 6) is 3.72. The predicted molar refractivity (Wildman–Crippen MR) is 237 cm³/mol. The number of pyridine rings is 1. The maximum absolute atomic E-state index is 5.48. The molecule has 6 aliphatic carbocycles. The average Bonchev–Trinajstić information content (AvgIpc) is 3.29. The van der Waals surface area contributed by atoms with Gasteiger partial charge in [0.05, 0.1) is 17.1 Å². The van der Waals surface area contributed by atoms with E-state index in [9.17, 15) is 0 Å². The van der Waals surface area contributed by atoms with Crippen LogP contribution in [0.4, 0.5) is 0 Å². The van der Waals surface area contributed by atoms with Gasteiger partial charge in [0.1, 0.15) is 0 Å². The molecule has 0 radical (unpaired) electrons. The zero-order valence-electron chi connectivity index (χ0n) is 32.8. The fourth-order valence-electron chi connectivity index (χ4n) is 10.1. The number of aliphatic imine (C=N–C) groups is 1. The van der Waals surface area contributed by atoms with Crippen molar-refractivity contribution in [2.75, 3.05) is 0 Å². The van der Waals surface area contributed by atoms with E-state index < -0.39 is 0 Å². The van der Waals surface area contributed by atoms with Gasteiger partial charge in [0, 0.05) is 47.3 Å². The van der Waals surface area contributed by atoms with Gasteiger partial charge in [-0.1, -0.05) is 129 Å². The number of nitrogens with zero attached hydrogens (tertiary/aromatic N) is 4. The highest BCUT2D eigenvalue weighted by Gasteiger charge is 2.34. The second-order valence-corrected chi connectivity index (χ2v) is 16.8. The molecular formula is C53H50N4. The van der Waals surface area contributed by atoms with Gasteiger partial charge < -0.3 is 0 Å². The van der Waals surface area contributed by atoms with E-state index >= 15 is 0 Å². The van der Waals surface area contributed by atoms with Crippen LogP contribution in [-0.2, 0) is 0 Å². The minimum Gasteiger partial charge on any atom is -0.265 e. The molecule has 57 heavy (non-hydrogen) atoms. The molecule has 2 aromatic heterocycles. The lowest BCUT2D eigenvalue weighted by Gasteiger charge is -2.38. The maximum Gasteiger partial charge on any atom is 0.160 e. The highest BCUT2D eigenvalue weighted by atomic mass is 14.9. The molecule has 4 nitrogen and oxygen atoms in total. The topological polar surface area (TPSA) is 51.0 Å². The number of hydrogen-bond acceptors (Lipinski definition) is 4. The van der Waals surface area contributed by atoms with Gasteiger partial charge in [0.25, 0.3) is 0 Å². The van der Waals surface area contributed by atoms with Crippen molar-refractivity contribution in [1.82, 2.24) is 15.0 Å². The molecule has 4 heteroatoms. The Bertz CT molecular complexity index is 2440. The number of aromatic nitrogens is 3. The fourth-order valence-corrected chi connectivity index (χ4v) is 10.1. The van der Waals surface area contributed by atoms with Crippen molar-refractivity contribution in [2.45, 2.75) is 57.8 Å². The van der Waals surface area contributed by atoms with Gasteiger partial charge in [-0.25, -0.2) is 9.97 Å². The first kappa shape index (κ1) is 35.7. The zero-order chi connectivity index (χ0) is 38.1. The van der Waals surface area contributed by atoms with Crippen molar-refractivity contribution in [1.29, 1.82) is 0 Å². The average molecular weight is 743 g/mol. The first-order chi connectivity index (χ1) is 28.1. The summed E-state index contributed by atoms with van der Waals surface area (Å²) in [7, 11) is 0. The van der Waals surface area contributed by atoms with Gasteiger partial charge in [0.2, 0.25) is 0 Å². The number of fused-ring (bicyclic) bond motifs is 2. The molecule has 1 saturated carbocycles. The van der Waals surface area contributed by atoms with Crippen LogP contribution >= 0.6 is 0 Å². The second-order valence-electron chi connectivity index (χ2n) is 16.8. The molecule has 1 fully saturated rings. The molecule has 7 atom stereocenters. The van der Waals surface area contributed by atoms with Crippen LogP contribution in [0.15, 0.2) is 163 Å². The third-order valence-corrected chi connectivity index (χ3v) is 13.2. The summed E-state index contributed by atoms with van der Waals surface area (Å²) in [6.07, 6.45) is 50.7. The van der Waals surface area contributed by atoms with E-state index in [1.807, 2.05) is 18.5 Å². The molecular weight excluding hydrogens is 693 g/mol. The smallest absolute Gasteiger partial charge is 0.160 e. The lowest BCUT2D eigenvalue weighted by molar-refractivity contribution is 0.252. The Kier molecular flexibility index (Phi) is 9.79. The first-order valence-corrected chi connectivity index (χ1v) is 21.2. The number of benzene rings is 1. The summed E-state index contributed by atoms with van der Waals surface area (Å²) in [5, 5.41) is 0. The summed E-state index contributed by atoms with van der Waals surface area (Å²) in [6, 6.07) is 15.6. The molecule has 10 rings (SSSR count). The molecule has 7 unspecified atom stereocenters. The zero-order valence-corrected chi connectivity index (χ0v) is 32.8. The Labute approximate surface area is 337 Å². The molecule has 0 amide bonds. The maximum atomic E-state index is 5.48. The van der Waals surface area contributed by atoms with Gasteiger partial charge >= 0.3 is 0 Å². The number of allylic oxidation sites excluding steroid dienone is 21. The van der Waals surface area contributed by atoms with E-state index in [4.69, 9.17) is 15.0 Å². The van der Waals surface area contributed by atoms with Crippen molar-refractivity contribution < 1.29 is 0 Å². The normalized spacial score (nSPS) is 28.5. The third-order valence-electron chi connectivity index (χ3n) is 13.2. The van der Waals surface area contributed by atoms with E-state index in [-0.39, 0.29) is 5.92 Å². The highest BCUT2D eigenvalue weighted by Crippen LogP contribution is 2.47. The summed E-state index contributed by atoms with van der Waals surface area (Å²) >= 11 is 0. The van der Waals surface area contributed by atoms with Crippen LogP contribution in [0, 0.1) is 35.5 Å². The van der Waals surface area contributed by atoms with Crippen LogP contribution in [0.25, 0.3) is 33.7 Å². The van der Waals surface area contributed by atoms with Gasteiger partial charge in [-0.2, -0.15) is 0 Å². The summed E-state index contributed by atoms with van der Waals surface area (Å²) in [6.45, 7) is 2.44. The van der Waals surface area contributed by atoms with Crippen molar-refractivity contribution in [3.05, 3.63) is 186 Å². The quantitative estimate of drug-likeness (QED) is 0.242. The van der Waals surface area contributed by atoms with E-state index in [1.165, 1.54) is 47.2 Å². The lowest BCUT2D eigenvalue weighted by atomic mass is 9.66. The SMILES string of the molecule is CC1CCCC2C(c3cc(C4=CC=CC5C=CC=CC45)cc(-c4nc(C5=CCC(C6=NC=CCC6)C=C5)cc(C5C=CC(c6ccccn6)=CC5)n4)c3)=CC=CC12. The number of hydrogen-bond donors (Lipinski definition) is 0. The Balaban J connectivity index is 1.08. The summed E-state index contributed by atoms with van der Waals surface area (Å²) < 4.78 is 0. The molecule has 1 aliphatic heterocycles. The van der Waals surface area contributed by atoms with Gasteiger partial charge in [-0.3, -0.25) is 9.98 Å². The fraction of sp³-hybridized carbons (Fsp3) is 0.283. The van der Waals surface area contributed by atoms with Crippen LogP contribution in [-0.4, -0.2) is 20.7 Å². The van der Waals surface area contributed by atoms with Gasteiger partial charge in [-0.05, 0) is 120 Å². The van der Waals surface area contributed by atoms with E-state index in [0.29, 0.717) is 35.5 Å². The highest BCUT2D eigenvalue weighted by molar-refractivity contribution is 5.91. The van der Waals surface area contributed by atoms with E-state index in [2.05, 4.69) is 152 Å². The van der Waals surface area contributed by atoms with Crippen molar-refractivity contribution >= 4 is 28.0 Å². The van der Waals surface area contributed by atoms with Crippen LogP contribution < -0.4 is 0 Å². The molecule has 7 aliphatic rings. The van der Waals surface area contributed by atoms with Crippen molar-refractivity contribution in [3.63, 3.8) is 0 Å². The third kappa shape index (κ3) is 7.23. The molecule has 282 valence electrons. The molecule has 0 spiro atoms. The summed E-state index contributed by atoms with van der Waals surface area (Å²) in [4.78, 5) is 20.3. The Morgan fingerprint density at radius 3 is 2.26 bits per heavy atom. The minimum absolute atomic E-state index is 0.131. The predicted octanol–water partition coefficient (Wildman–Crippen LogP) is 12.7. The van der Waals surface area contributed by atoms with Crippen molar-refractivity contribution in [3.8, 4) is 11.4 Å². The molecule has 3 aromatic rings. The Morgan fingerprint density at radius 2 is 1.46 bits per heavy atom. The standard InChI is InChI=1S/C53H50N4/c1-35-11-8-18-48-44(35)15-10-17-47(48)42-31-41(46-16-9-13-36-12-2-3-14-45(36)46)32-43(33-42)53-56-51(39-25-21-37(22-26-39)49-19-4-6-29-54-49)34-52(57-53)40-27-23-38(24-28-40)50-20-5-7-30-55-50/h2-4,6-7,9-10,12-17,19,21-23,25,27-36,38-39,44-45,48H,5,8,11,18,20,24,26H2,1H3. The van der Waals surface area contributed by atoms with E-state index in [0.717, 1.165) is 65.3 Å². The molecule has 0 N–H and O–H groups in total. The molecule has 3 heterocycles.